The molecule has 1 aromatic heterocycles. The molecule has 0 spiro atoms. The van der Waals surface area contributed by atoms with Gasteiger partial charge >= 0.3 is 0 Å². The standard InChI is InChI=1S/C19H15N3O/c23-19-18-7-2-1-4-14(18)13-22(19)17-6-3-5-16(12-17)21-15-8-10-20-11-9-15/h1-12H,13H2,(H,20,21). The minimum absolute atomic E-state index is 0.0571. The molecule has 0 bridgehead atoms. The lowest BCUT2D eigenvalue weighted by Crippen LogP contribution is -2.22. The molecular weight excluding hydrogens is 286 g/mol. The summed E-state index contributed by atoms with van der Waals surface area (Å²) in [4.78, 5) is 18.4. The number of benzene rings is 2. The van der Waals surface area contributed by atoms with Crippen LogP contribution in [0.5, 0.6) is 0 Å². The number of fused-ring (bicyclic) bond motifs is 1. The molecule has 112 valence electrons. The maximum atomic E-state index is 12.6. The van der Waals surface area contributed by atoms with Gasteiger partial charge in [-0.05, 0) is 42.0 Å². The number of hydrogen-bond acceptors (Lipinski definition) is 3. The molecule has 1 aliphatic rings. The van der Waals surface area contributed by atoms with Gasteiger partial charge in [0.15, 0.2) is 0 Å². The summed E-state index contributed by atoms with van der Waals surface area (Å²) in [6.45, 7) is 0.619. The van der Waals surface area contributed by atoms with Crippen LogP contribution in [0.2, 0.25) is 0 Å². The third-order valence-corrected chi connectivity index (χ3v) is 3.95. The molecule has 2 aromatic carbocycles. The molecule has 4 heteroatoms. The Kier molecular flexibility index (Phi) is 3.27. The van der Waals surface area contributed by atoms with Gasteiger partial charge in [0.2, 0.25) is 0 Å². The number of rotatable bonds is 3. The predicted octanol–water partition coefficient (Wildman–Crippen LogP) is 3.99. The van der Waals surface area contributed by atoms with Gasteiger partial charge in [0.25, 0.3) is 5.91 Å². The fourth-order valence-electron chi connectivity index (χ4n) is 2.82. The number of aromatic nitrogens is 1. The zero-order chi connectivity index (χ0) is 15.6. The van der Waals surface area contributed by atoms with E-state index in [-0.39, 0.29) is 5.91 Å². The number of pyridine rings is 1. The van der Waals surface area contributed by atoms with E-state index in [9.17, 15) is 4.79 Å². The van der Waals surface area contributed by atoms with Gasteiger partial charge in [0.05, 0.1) is 6.54 Å². The normalized spacial score (nSPS) is 13.0. The van der Waals surface area contributed by atoms with Crippen molar-refractivity contribution in [2.45, 2.75) is 6.54 Å². The van der Waals surface area contributed by atoms with Crippen LogP contribution in [0, 0.1) is 0 Å². The van der Waals surface area contributed by atoms with Crippen molar-refractivity contribution in [3.63, 3.8) is 0 Å². The Hall–Kier alpha value is -3.14. The number of carbonyl (C=O) groups is 1. The van der Waals surface area contributed by atoms with Crippen LogP contribution in [0.4, 0.5) is 17.1 Å². The predicted molar refractivity (Wildman–Crippen MR) is 90.9 cm³/mol. The maximum absolute atomic E-state index is 12.6. The van der Waals surface area contributed by atoms with Gasteiger partial charge in [-0.25, -0.2) is 0 Å². The quantitative estimate of drug-likeness (QED) is 0.795. The van der Waals surface area contributed by atoms with Crippen molar-refractivity contribution in [1.82, 2.24) is 4.98 Å². The van der Waals surface area contributed by atoms with Crippen LogP contribution in [0.25, 0.3) is 0 Å². The largest absolute Gasteiger partial charge is 0.355 e. The number of nitrogens with zero attached hydrogens (tertiary/aromatic N) is 2. The first kappa shape index (κ1) is 13.5. The van der Waals surface area contributed by atoms with Gasteiger partial charge in [-0.15, -0.1) is 0 Å². The fourth-order valence-corrected chi connectivity index (χ4v) is 2.82. The van der Waals surface area contributed by atoms with E-state index in [0.717, 1.165) is 28.2 Å². The van der Waals surface area contributed by atoms with Crippen molar-refractivity contribution in [2.24, 2.45) is 0 Å². The summed E-state index contributed by atoms with van der Waals surface area (Å²) in [6, 6.07) is 19.5. The van der Waals surface area contributed by atoms with Gasteiger partial charge in [-0.1, -0.05) is 24.3 Å². The Morgan fingerprint density at radius 2 is 1.74 bits per heavy atom. The van der Waals surface area contributed by atoms with Crippen LogP contribution < -0.4 is 10.2 Å². The second-order valence-corrected chi connectivity index (χ2v) is 5.46. The second-order valence-electron chi connectivity index (χ2n) is 5.46. The molecule has 4 nitrogen and oxygen atoms in total. The first-order valence-corrected chi connectivity index (χ1v) is 7.48. The Bertz CT molecular complexity index is 861. The molecule has 4 rings (SSSR count). The smallest absolute Gasteiger partial charge is 0.258 e. The summed E-state index contributed by atoms with van der Waals surface area (Å²) in [6.07, 6.45) is 3.49. The lowest BCUT2D eigenvalue weighted by molar-refractivity contribution is 0.0996. The molecule has 0 saturated carbocycles. The van der Waals surface area contributed by atoms with Gasteiger partial charge in [-0.3, -0.25) is 9.78 Å². The molecule has 0 aliphatic carbocycles. The molecule has 0 fully saturated rings. The van der Waals surface area contributed by atoms with E-state index >= 15 is 0 Å². The highest BCUT2D eigenvalue weighted by Crippen LogP contribution is 2.30. The van der Waals surface area contributed by atoms with Gasteiger partial charge in [0.1, 0.15) is 0 Å². The Morgan fingerprint density at radius 3 is 2.57 bits per heavy atom. The number of hydrogen-bond donors (Lipinski definition) is 1. The fraction of sp³-hybridized carbons (Fsp3) is 0.0526. The van der Waals surface area contributed by atoms with E-state index in [1.807, 2.05) is 65.6 Å². The van der Waals surface area contributed by atoms with Crippen LogP contribution in [0.1, 0.15) is 15.9 Å². The van der Waals surface area contributed by atoms with Crippen molar-refractivity contribution in [3.05, 3.63) is 84.2 Å². The summed E-state index contributed by atoms with van der Waals surface area (Å²) < 4.78 is 0. The van der Waals surface area contributed by atoms with E-state index in [1.54, 1.807) is 12.4 Å². The summed E-state index contributed by atoms with van der Waals surface area (Å²) in [7, 11) is 0. The average molecular weight is 301 g/mol. The molecule has 0 radical (unpaired) electrons. The summed E-state index contributed by atoms with van der Waals surface area (Å²) in [5, 5.41) is 3.33. The first-order chi connectivity index (χ1) is 11.3. The molecule has 3 aromatic rings. The molecule has 0 atom stereocenters. The minimum Gasteiger partial charge on any atom is -0.355 e. The zero-order valence-electron chi connectivity index (χ0n) is 12.4. The number of carbonyl (C=O) groups excluding carboxylic acids is 1. The van der Waals surface area contributed by atoms with Gasteiger partial charge in [-0.2, -0.15) is 0 Å². The van der Waals surface area contributed by atoms with Crippen molar-refractivity contribution in [1.29, 1.82) is 0 Å². The van der Waals surface area contributed by atoms with Gasteiger partial charge in [0, 0.05) is 35.0 Å². The van der Waals surface area contributed by atoms with Crippen LogP contribution >= 0.6 is 0 Å². The van der Waals surface area contributed by atoms with Crippen LogP contribution in [-0.4, -0.2) is 10.9 Å². The Morgan fingerprint density at radius 1 is 0.913 bits per heavy atom. The molecule has 1 aliphatic heterocycles. The first-order valence-electron chi connectivity index (χ1n) is 7.48. The van der Waals surface area contributed by atoms with Crippen molar-refractivity contribution < 1.29 is 4.79 Å². The lowest BCUT2D eigenvalue weighted by atomic mass is 10.1. The SMILES string of the molecule is O=C1c2ccccc2CN1c1cccc(Nc2ccncc2)c1. The minimum atomic E-state index is 0.0571. The maximum Gasteiger partial charge on any atom is 0.258 e. The summed E-state index contributed by atoms with van der Waals surface area (Å²) in [5.74, 6) is 0.0571. The van der Waals surface area contributed by atoms with Crippen LogP contribution in [-0.2, 0) is 6.54 Å². The lowest BCUT2D eigenvalue weighted by Gasteiger charge is -2.17. The number of anilines is 3. The Balaban J connectivity index is 1.62. The molecule has 0 unspecified atom stereocenters. The van der Waals surface area contributed by atoms with Gasteiger partial charge < -0.3 is 10.2 Å². The number of nitrogens with one attached hydrogen (secondary N) is 1. The third-order valence-electron chi connectivity index (χ3n) is 3.95. The molecule has 0 saturated heterocycles. The average Bonchev–Trinajstić information content (AvgIpc) is 2.93. The van der Waals surface area contributed by atoms with Crippen molar-refractivity contribution in [2.75, 3.05) is 10.2 Å². The second kappa shape index (κ2) is 5.57. The zero-order valence-corrected chi connectivity index (χ0v) is 12.4. The molecule has 23 heavy (non-hydrogen) atoms. The van der Waals surface area contributed by atoms with E-state index in [1.165, 1.54) is 0 Å². The van der Waals surface area contributed by atoms with E-state index in [2.05, 4.69) is 10.3 Å². The molecular formula is C19H15N3O. The van der Waals surface area contributed by atoms with Crippen molar-refractivity contribution >= 4 is 23.0 Å². The molecule has 2 heterocycles. The highest BCUT2D eigenvalue weighted by Gasteiger charge is 2.27. The highest BCUT2D eigenvalue weighted by molar-refractivity contribution is 6.10. The topological polar surface area (TPSA) is 45.2 Å². The summed E-state index contributed by atoms with van der Waals surface area (Å²) >= 11 is 0. The Labute approximate surface area is 134 Å². The molecule has 1 N–H and O–H groups in total. The molecule has 1 amide bonds. The van der Waals surface area contributed by atoms with E-state index < -0.39 is 0 Å². The number of amides is 1. The van der Waals surface area contributed by atoms with E-state index in [4.69, 9.17) is 0 Å². The monoisotopic (exact) mass is 301 g/mol. The summed E-state index contributed by atoms with van der Waals surface area (Å²) in [5.41, 5.74) is 4.67. The third kappa shape index (κ3) is 2.55. The van der Waals surface area contributed by atoms with Crippen molar-refractivity contribution in [3.8, 4) is 0 Å². The van der Waals surface area contributed by atoms with Crippen LogP contribution in [0.3, 0.4) is 0 Å². The highest BCUT2D eigenvalue weighted by atomic mass is 16.2. The van der Waals surface area contributed by atoms with E-state index in [0.29, 0.717) is 6.54 Å². The van der Waals surface area contributed by atoms with Crippen LogP contribution in [0.15, 0.2) is 73.1 Å².